The number of carbonyl (C=O) groups excluding carboxylic acids is 2. The van der Waals surface area contributed by atoms with Gasteiger partial charge in [0.05, 0.1) is 12.2 Å². The SMILES string of the molecule is CCCN(CCC)C(=O)C1=Cc2ccc(C(=O)NCc3ccon3)cc2N=C(N)C1. The first kappa shape index (κ1) is 21.3. The lowest BCUT2D eigenvalue weighted by atomic mass is 10.0. The van der Waals surface area contributed by atoms with E-state index in [-0.39, 0.29) is 24.8 Å². The number of carbonyl (C=O) groups is 2. The van der Waals surface area contributed by atoms with Crippen LogP contribution >= 0.6 is 0 Å². The van der Waals surface area contributed by atoms with E-state index in [9.17, 15) is 9.59 Å². The fraction of sp³-hybridized carbons (Fsp3) is 0.364. The Hall–Kier alpha value is -3.42. The highest BCUT2D eigenvalue weighted by atomic mass is 16.5. The third-order valence-corrected chi connectivity index (χ3v) is 4.73. The molecule has 3 N–H and O–H groups in total. The van der Waals surface area contributed by atoms with E-state index < -0.39 is 0 Å². The van der Waals surface area contributed by atoms with Crippen LogP contribution in [0.5, 0.6) is 0 Å². The van der Waals surface area contributed by atoms with E-state index in [1.165, 1.54) is 6.26 Å². The molecule has 3 rings (SSSR count). The summed E-state index contributed by atoms with van der Waals surface area (Å²) < 4.78 is 4.76. The van der Waals surface area contributed by atoms with Crippen molar-refractivity contribution in [3.05, 3.63) is 52.9 Å². The first-order chi connectivity index (χ1) is 14.5. The normalized spacial score (nSPS) is 13.0. The van der Waals surface area contributed by atoms with Gasteiger partial charge in [-0.2, -0.15) is 0 Å². The minimum absolute atomic E-state index is 0.0147. The van der Waals surface area contributed by atoms with Gasteiger partial charge >= 0.3 is 0 Å². The highest BCUT2D eigenvalue weighted by molar-refractivity contribution is 6.06. The Balaban J connectivity index is 1.82. The maximum Gasteiger partial charge on any atom is 0.251 e. The molecule has 1 aromatic heterocycles. The molecule has 0 unspecified atom stereocenters. The number of nitrogens with one attached hydrogen (secondary N) is 1. The molecule has 0 radical (unpaired) electrons. The molecule has 8 nitrogen and oxygen atoms in total. The summed E-state index contributed by atoms with van der Waals surface area (Å²) in [5, 5.41) is 6.56. The molecule has 1 aliphatic heterocycles. The summed E-state index contributed by atoms with van der Waals surface area (Å²) in [5.41, 5.74) is 9.13. The van der Waals surface area contributed by atoms with Crippen LogP contribution in [-0.4, -0.2) is 40.8 Å². The number of amidine groups is 1. The van der Waals surface area contributed by atoms with Crippen LogP contribution in [0.15, 0.2) is 45.6 Å². The van der Waals surface area contributed by atoms with Crippen LogP contribution in [0.3, 0.4) is 0 Å². The number of nitrogens with two attached hydrogens (primary N) is 1. The lowest BCUT2D eigenvalue weighted by molar-refractivity contribution is -0.127. The minimum atomic E-state index is -0.254. The van der Waals surface area contributed by atoms with E-state index >= 15 is 0 Å². The highest BCUT2D eigenvalue weighted by Crippen LogP contribution is 2.28. The minimum Gasteiger partial charge on any atom is -0.387 e. The standard InChI is InChI=1S/C22H27N5O3/c1-3-8-27(9-4-2)22(29)17-11-15-5-6-16(12-19(15)25-20(23)13-17)21(28)24-14-18-7-10-30-26-18/h5-7,10-12H,3-4,8-9,13-14H2,1-2H3,(H2,23,25)(H,24,28). The molecule has 2 amide bonds. The number of benzene rings is 1. The molecule has 0 spiro atoms. The van der Waals surface area contributed by atoms with Crippen LogP contribution in [-0.2, 0) is 11.3 Å². The molecule has 0 atom stereocenters. The van der Waals surface area contributed by atoms with Crippen molar-refractivity contribution >= 4 is 29.4 Å². The first-order valence-corrected chi connectivity index (χ1v) is 10.2. The number of aliphatic imine (C=N–C) groups is 1. The quantitative estimate of drug-likeness (QED) is 0.696. The maximum atomic E-state index is 13.0. The van der Waals surface area contributed by atoms with Gasteiger partial charge in [0.15, 0.2) is 0 Å². The number of nitrogens with zero attached hydrogens (tertiary/aromatic N) is 3. The lowest BCUT2D eigenvalue weighted by Crippen LogP contribution is -2.34. The predicted molar refractivity (Wildman–Crippen MR) is 115 cm³/mol. The Morgan fingerprint density at radius 3 is 2.63 bits per heavy atom. The largest absolute Gasteiger partial charge is 0.387 e. The van der Waals surface area contributed by atoms with Crippen molar-refractivity contribution in [2.24, 2.45) is 10.7 Å². The number of fused-ring (bicyclic) bond motifs is 1. The zero-order valence-electron chi connectivity index (χ0n) is 17.4. The number of hydrogen-bond acceptors (Lipinski definition) is 6. The van der Waals surface area contributed by atoms with Gasteiger partial charge in [-0.15, -0.1) is 0 Å². The van der Waals surface area contributed by atoms with Crippen molar-refractivity contribution < 1.29 is 14.1 Å². The Kier molecular flexibility index (Phi) is 7.00. The monoisotopic (exact) mass is 409 g/mol. The summed E-state index contributed by atoms with van der Waals surface area (Å²) in [7, 11) is 0. The van der Waals surface area contributed by atoms with Crippen LogP contribution in [0, 0.1) is 0 Å². The lowest BCUT2D eigenvalue weighted by Gasteiger charge is -2.22. The molecule has 0 aliphatic carbocycles. The van der Waals surface area contributed by atoms with Crippen molar-refractivity contribution in [2.75, 3.05) is 13.1 Å². The van der Waals surface area contributed by atoms with Crippen LogP contribution in [0.25, 0.3) is 6.08 Å². The van der Waals surface area contributed by atoms with E-state index in [1.54, 1.807) is 24.3 Å². The number of aromatic nitrogens is 1. The fourth-order valence-electron chi connectivity index (χ4n) is 3.33. The third-order valence-electron chi connectivity index (χ3n) is 4.73. The molecule has 0 fully saturated rings. The fourth-order valence-corrected chi connectivity index (χ4v) is 3.33. The molecule has 8 heteroatoms. The molecule has 30 heavy (non-hydrogen) atoms. The number of amides is 2. The number of hydrogen-bond donors (Lipinski definition) is 2. The van der Waals surface area contributed by atoms with E-state index in [2.05, 4.69) is 29.3 Å². The molecule has 158 valence electrons. The van der Waals surface area contributed by atoms with Gasteiger partial charge in [0.25, 0.3) is 5.91 Å². The zero-order chi connectivity index (χ0) is 21.5. The van der Waals surface area contributed by atoms with Crippen LogP contribution in [0.2, 0.25) is 0 Å². The van der Waals surface area contributed by atoms with Crippen molar-refractivity contribution in [2.45, 2.75) is 39.7 Å². The Bertz CT molecular complexity index is 957. The second-order valence-electron chi connectivity index (χ2n) is 7.19. The topological polar surface area (TPSA) is 114 Å². The van der Waals surface area contributed by atoms with Crippen molar-refractivity contribution in [3.8, 4) is 0 Å². The molecule has 2 aromatic rings. The second kappa shape index (κ2) is 9.87. The molecule has 0 saturated carbocycles. The van der Waals surface area contributed by atoms with E-state index in [0.717, 1.165) is 18.4 Å². The van der Waals surface area contributed by atoms with Gasteiger partial charge in [-0.25, -0.2) is 4.99 Å². The Morgan fingerprint density at radius 1 is 1.20 bits per heavy atom. The average Bonchev–Trinajstić information content (AvgIpc) is 3.19. The van der Waals surface area contributed by atoms with Gasteiger partial charge in [0, 0.05) is 42.3 Å². The molecular formula is C22H27N5O3. The second-order valence-corrected chi connectivity index (χ2v) is 7.19. The predicted octanol–water partition coefficient (Wildman–Crippen LogP) is 3.03. The van der Waals surface area contributed by atoms with E-state index in [4.69, 9.17) is 10.3 Å². The smallest absolute Gasteiger partial charge is 0.251 e. The molecule has 0 bridgehead atoms. The highest BCUT2D eigenvalue weighted by Gasteiger charge is 2.21. The van der Waals surface area contributed by atoms with Gasteiger partial charge < -0.3 is 20.5 Å². The van der Waals surface area contributed by atoms with Crippen LogP contribution in [0.1, 0.15) is 54.7 Å². The summed E-state index contributed by atoms with van der Waals surface area (Å²) in [6.45, 7) is 5.79. The molecule has 1 aromatic carbocycles. The van der Waals surface area contributed by atoms with Gasteiger partial charge in [-0.3, -0.25) is 9.59 Å². The van der Waals surface area contributed by atoms with Gasteiger partial charge in [0.2, 0.25) is 5.91 Å². The van der Waals surface area contributed by atoms with Gasteiger partial charge in [0.1, 0.15) is 17.8 Å². The Labute approximate surface area is 175 Å². The van der Waals surface area contributed by atoms with Crippen LogP contribution < -0.4 is 11.1 Å². The summed E-state index contributed by atoms with van der Waals surface area (Å²) in [4.78, 5) is 31.8. The first-order valence-electron chi connectivity index (χ1n) is 10.2. The van der Waals surface area contributed by atoms with Gasteiger partial charge in [-0.05, 0) is 31.1 Å². The van der Waals surface area contributed by atoms with Crippen LogP contribution in [0.4, 0.5) is 5.69 Å². The van der Waals surface area contributed by atoms with Crippen molar-refractivity contribution in [1.29, 1.82) is 0 Å². The zero-order valence-corrected chi connectivity index (χ0v) is 17.4. The van der Waals surface area contributed by atoms with Crippen molar-refractivity contribution in [3.63, 3.8) is 0 Å². The molecular weight excluding hydrogens is 382 g/mol. The number of rotatable bonds is 8. The maximum absolute atomic E-state index is 13.0. The molecule has 0 saturated heterocycles. The summed E-state index contributed by atoms with van der Waals surface area (Å²) in [6, 6.07) is 6.87. The summed E-state index contributed by atoms with van der Waals surface area (Å²) in [5.74, 6) is 0.0803. The van der Waals surface area contributed by atoms with E-state index in [1.807, 2.05) is 11.0 Å². The van der Waals surface area contributed by atoms with E-state index in [0.29, 0.717) is 41.4 Å². The average molecular weight is 409 g/mol. The molecule has 1 aliphatic rings. The van der Waals surface area contributed by atoms with Gasteiger partial charge in [-0.1, -0.05) is 25.1 Å². The Morgan fingerprint density at radius 2 is 1.97 bits per heavy atom. The summed E-state index contributed by atoms with van der Waals surface area (Å²) >= 11 is 0. The van der Waals surface area contributed by atoms with Crippen molar-refractivity contribution in [1.82, 2.24) is 15.4 Å². The third kappa shape index (κ3) is 5.14. The summed E-state index contributed by atoms with van der Waals surface area (Å²) in [6.07, 6.45) is 5.36. The molecule has 2 heterocycles.